The number of carbonyl (C=O) groups excluding carboxylic acids is 1. The quantitative estimate of drug-likeness (QED) is 0.819. The van der Waals surface area contributed by atoms with Crippen molar-refractivity contribution in [3.05, 3.63) is 35.4 Å². The first-order chi connectivity index (χ1) is 8.09. The minimum atomic E-state index is -1.10. The Hall–Kier alpha value is -1.49. The van der Waals surface area contributed by atoms with Crippen molar-refractivity contribution in [2.45, 2.75) is 18.9 Å². The monoisotopic (exact) mass is 240 g/mol. The molecule has 92 valence electrons. The van der Waals surface area contributed by atoms with Crippen LogP contribution in [0.5, 0.6) is 0 Å². The van der Waals surface area contributed by atoms with E-state index in [4.69, 9.17) is 5.73 Å². The van der Waals surface area contributed by atoms with Crippen LogP contribution in [0, 0.1) is 17.6 Å². The van der Waals surface area contributed by atoms with Gasteiger partial charge in [0, 0.05) is 5.56 Å². The molecule has 1 aliphatic carbocycles. The highest BCUT2D eigenvalue weighted by molar-refractivity contribution is 5.81. The van der Waals surface area contributed by atoms with E-state index in [1.165, 1.54) is 6.07 Å². The molecule has 0 spiro atoms. The molecule has 1 fully saturated rings. The normalized spacial score (nSPS) is 16.8. The first-order valence-corrected chi connectivity index (χ1v) is 5.56. The molecule has 1 aliphatic rings. The summed E-state index contributed by atoms with van der Waals surface area (Å²) in [5.74, 6) is -1.78. The molecule has 1 aromatic rings. The van der Waals surface area contributed by atoms with Gasteiger partial charge < -0.3 is 11.1 Å². The van der Waals surface area contributed by atoms with Gasteiger partial charge in [-0.25, -0.2) is 8.78 Å². The van der Waals surface area contributed by atoms with Crippen LogP contribution in [0.3, 0.4) is 0 Å². The molecular weight excluding hydrogens is 226 g/mol. The fourth-order valence-corrected chi connectivity index (χ4v) is 1.74. The number of nitrogens with one attached hydrogen (secondary N) is 1. The third-order valence-corrected chi connectivity index (χ3v) is 2.88. The fraction of sp³-hybridized carbons (Fsp3) is 0.417. The lowest BCUT2D eigenvalue weighted by Crippen LogP contribution is -2.36. The van der Waals surface area contributed by atoms with Crippen molar-refractivity contribution < 1.29 is 13.6 Å². The van der Waals surface area contributed by atoms with Crippen LogP contribution in [0.25, 0.3) is 0 Å². The summed E-state index contributed by atoms with van der Waals surface area (Å²) in [5, 5.41) is 2.82. The molecule has 1 amide bonds. The second kappa shape index (κ2) is 4.79. The molecule has 1 unspecified atom stereocenters. The SMILES string of the molecule is NC(=O)C(NCC1CC1)c1c(F)cccc1F. The number of primary amides is 1. The number of amides is 1. The molecule has 2 rings (SSSR count). The van der Waals surface area contributed by atoms with Gasteiger partial charge in [-0.05, 0) is 37.4 Å². The van der Waals surface area contributed by atoms with Crippen molar-refractivity contribution in [2.24, 2.45) is 11.7 Å². The van der Waals surface area contributed by atoms with E-state index in [0.717, 1.165) is 25.0 Å². The summed E-state index contributed by atoms with van der Waals surface area (Å²) < 4.78 is 27.0. The highest BCUT2D eigenvalue weighted by Gasteiger charge is 2.28. The van der Waals surface area contributed by atoms with E-state index in [1.807, 2.05) is 0 Å². The highest BCUT2D eigenvalue weighted by atomic mass is 19.1. The molecular formula is C12H14F2N2O. The van der Waals surface area contributed by atoms with Crippen LogP contribution < -0.4 is 11.1 Å². The zero-order chi connectivity index (χ0) is 12.4. The van der Waals surface area contributed by atoms with Gasteiger partial charge in [-0.15, -0.1) is 0 Å². The zero-order valence-corrected chi connectivity index (χ0v) is 9.25. The number of hydrogen-bond donors (Lipinski definition) is 2. The van der Waals surface area contributed by atoms with E-state index >= 15 is 0 Å². The van der Waals surface area contributed by atoms with Gasteiger partial charge in [0.15, 0.2) is 0 Å². The third-order valence-electron chi connectivity index (χ3n) is 2.88. The van der Waals surface area contributed by atoms with E-state index in [9.17, 15) is 13.6 Å². The van der Waals surface area contributed by atoms with E-state index < -0.39 is 23.6 Å². The average molecular weight is 240 g/mol. The third kappa shape index (κ3) is 2.79. The van der Waals surface area contributed by atoms with Crippen molar-refractivity contribution >= 4 is 5.91 Å². The summed E-state index contributed by atoms with van der Waals surface area (Å²) in [6.45, 7) is 0.557. The Labute approximate surface area is 98.0 Å². The number of carbonyl (C=O) groups is 1. The van der Waals surface area contributed by atoms with Crippen LogP contribution in [-0.4, -0.2) is 12.5 Å². The molecule has 0 saturated heterocycles. The van der Waals surface area contributed by atoms with Crippen molar-refractivity contribution in [1.29, 1.82) is 0 Å². The maximum atomic E-state index is 13.5. The first kappa shape index (κ1) is 12.0. The molecule has 3 N–H and O–H groups in total. The largest absolute Gasteiger partial charge is 0.368 e. The van der Waals surface area contributed by atoms with Crippen LogP contribution in [-0.2, 0) is 4.79 Å². The van der Waals surface area contributed by atoms with Crippen molar-refractivity contribution in [3.63, 3.8) is 0 Å². The molecule has 5 heteroatoms. The van der Waals surface area contributed by atoms with Crippen LogP contribution in [0.2, 0.25) is 0 Å². The van der Waals surface area contributed by atoms with Gasteiger partial charge in [0.2, 0.25) is 5.91 Å². The van der Waals surface area contributed by atoms with Crippen molar-refractivity contribution in [2.75, 3.05) is 6.54 Å². The van der Waals surface area contributed by atoms with E-state index in [0.29, 0.717) is 12.5 Å². The molecule has 0 radical (unpaired) electrons. The Morgan fingerprint density at radius 2 is 2.00 bits per heavy atom. The van der Waals surface area contributed by atoms with Gasteiger partial charge in [0.1, 0.15) is 17.7 Å². The zero-order valence-electron chi connectivity index (χ0n) is 9.25. The van der Waals surface area contributed by atoms with Crippen LogP contribution >= 0.6 is 0 Å². The maximum Gasteiger partial charge on any atom is 0.239 e. The van der Waals surface area contributed by atoms with Gasteiger partial charge in [0.05, 0.1) is 0 Å². The second-order valence-electron chi connectivity index (χ2n) is 4.32. The molecule has 0 aliphatic heterocycles. The molecule has 17 heavy (non-hydrogen) atoms. The number of hydrogen-bond acceptors (Lipinski definition) is 2. The van der Waals surface area contributed by atoms with Gasteiger partial charge in [0.25, 0.3) is 0 Å². The molecule has 1 saturated carbocycles. The summed E-state index contributed by atoms with van der Waals surface area (Å²) >= 11 is 0. The Kier molecular flexibility index (Phi) is 3.38. The molecule has 0 aromatic heterocycles. The fourth-order valence-electron chi connectivity index (χ4n) is 1.74. The smallest absolute Gasteiger partial charge is 0.239 e. The number of nitrogens with two attached hydrogens (primary N) is 1. The van der Waals surface area contributed by atoms with Crippen molar-refractivity contribution in [3.8, 4) is 0 Å². The van der Waals surface area contributed by atoms with Crippen LogP contribution in [0.4, 0.5) is 8.78 Å². The topological polar surface area (TPSA) is 55.1 Å². The average Bonchev–Trinajstić information content (AvgIpc) is 3.05. The molecule has 0 bridgehead atoms. The lowest BCUT2D eigenvalue weighted by molar-refractivity contribution is -0.120. The standard InChI is InChI=1S/C12H14F2N2O/c13-8-2-1-3-9(14)10(8)11(12(15)17)16-6-7-4-5-7/h1-3,7,11,16H,4-6H2,(H2,15,17). The summed E-state index contributed by atoms with van der Waals surface area (Å²) in [7, 11) is 0. The van der Waals surface area contributed by atoms with Crippen LogP contribution in [0.1, 0.15) is 24.4 Å². The second-order valence-corrected chi connectivity index (χ2v) is 4.32. The summed E-state index contributed by atoms with van der Waals surface area (Å²) in [6.07, 6.45) is 2.16. The first-order valence-electron chi connectivity index (χ1n) is 5.56. The molecule has 3 nitrogen and oxygen atoms in total. The predicted octanol–water partition coefficient (Wildman–Crippen LogP) is 1.49. The predicted molar refractivity (Wildman–Crippen MR) is 59.0 cm³/mol. The summed E-state index contributed by atoms with van der Waals surface area (Å²) in [5.41, 5.74) is 4.89. The Balaban J connectivity index is 2.21. The summed E-state index contributed by atoms with van der Waals surface area (Å²) in [6, 6.07) is 2.39. The van der Waals surface area contributed by atoms with E-state index in [-0.39, 0.29) is 5.56 Å². The Morgan fingerprint density at radius 1 is 1.41 bits per heavy atom. The number of benzene rings is 1. The number of rotatable bonds is 5. The highest BCUT2D eigenvalue weighted by Crippen LogP contribution is 2.29. The Bertz CT molecular complexity index is 412. The Morgan fingerprint density at radius 3 is 2.47 bits per heavy atom. The molecule has 0 heterocycles. The van der Waals surface area contributed by atoms with Gasteiger partial charge >= 0.3 is 0 Å². The van der Waals surface area contributed by atoms with Crippen LogP contribution in [0.15, 0.2) is 18.2 Å². The maximum absolute atomic E-state index is 13.5. The van der Waals surface area contributed by atoms with Crippen molar-refractivity contribution in [1.82, 2.24) is 5.32 Å². The lowest BCUT2D eigenvalue weighted by Gasteiger charge is -2.16. The number of halogens is 2. The van der Waals surface area contributed by atoms with Gasteiger partial charge in [-0.3, -0.25) is 4.79 Å². The van der Waals surface area contributed by atoms with Gasteiger partial charge in [-0.1, -0.05) is 6.07 Å². The van der Waals surface area contributed by atoms with E-state index in [1.54, 1.807) is 0 Å². The summed E-state index contributed by atoms with van der Waals surface area (Å²) in [4.78, 5) is 11.3. The molecule has 1 atom stereocenters. The van der Waals surface area contributed by atoms with E-state index in [2.05, 4.69) is 5.32 Å². The van der Waals surface area contributed by atoms with Gasteiger partial charge in [-0.2, -0.15) is 0 Å². The minimum absolute atomic E-state index is 0.291. The lowest BCUT2D eigenvalue weighted by atomic mass is 10.0. The molecule has 1 aromatic carbocycles. The minimum Gasteiger partial charge on any atom is -0.368 e.